The molecule has 0 saturated carbocycles. The molecule has 0 aliphatic carbocycles. The average molecular weight is 431 g/mol. The number of pyridine rings is 1. The molecule has 3 N–H and O–H groups in total. The van der Waals surface area contributed by atoms with Gasteiger partial charge in [-0.2, -0.15) is 0 Å². The van der Waals surface area contributed by atoms with E-state index >= 15 is 0 Å². The van der Waals surface area contributed by atoms with E-state index < -0.39 is 36.8 Å². The van der Waals surface area contributed by atoms with E-state index in [0.29, 0.717) is 22.2 Å². The number of fused-ring (bicyclic) bond motifs is 2. The molecule has 4 rings (SSSR count). The number of ether oxygens (including phenoxy) is 1. The number of nitrogens with one attached hydrogen (secondary N) is 3. The summed E-state index contributed by atoms with van der Waals surface area (Å²) in [6.07, 6.45) is -0.159. The van der Waals surface area contributed by atoms with Crippen molar-refractivity contribution >= 4 is 22.6 Å². The van der Waals surface area contributed by atoms with Crippen LogP contribution in [0.5, 0.6) is 5.75 Å². The van der Waals surface area contributed by atoms with Gasteiger partial charge in [-0.05, 0) is 30.7 Å². The predicted octanol–water partition coefficient (Wildman–Crippen LogP) is 4.30. The van der Waals surface area contributed by atoms with Gasteiger partial charge in [0.15, 0.2) is 5.60 Å². The number of aromatic amines is 1. The number of hydrogen-bond donors (Lipinski definition) is 3. The van der Waals surface area contributed by atoms with Gasteiger partial charge in [0, 0.05) is 29.5 Å². The second kappa shape index (κ2) is 7.98. The van der Waals surface area contributed by atoms with E-state index in [1.54, 1.807) is 25.1 Å². The Morgan fingerprint density at radius 3 is 2.71 bits per heavy atom. The second-order valence-corrected chi connectivity index (χ2v) is 7.63. The van der Waals surface area contributed by atoms with Crippen LogP contribution < -0.4 is 20.9 Å². The zero-order valence-corrected chi connectivity index (χ0v) is 16.6. The van der Waals surface area contributed by atoms with Crippen molar-refractivity contribution in [3.05, 3.63) is 69.8 Å². The van der Waals surface area contributed by atoms with Crippen LogP contribution in [0.15, 0.2) is 47.3 Å². The highest BCUT2D eigenvalue weighted by molar-refractivity contribution is 6.01. The van der Waals surface area contributed by atoms with E-state index in [1.807, 2.05) is 0 Å². The van der Waals surface area contributed by atoms with E-state index in [4.69, 9.17) is 4.74 Å². The van der Waals surface area contributed by atoms with Crippen molar-refractivity contribution < 1.29 is 22.7 Å². The second-order valence-electron chi connectivity index (χ2n) is 7.63. The van der Waals surface area contributed by atoms with Crippen molar-refractivity contribution in [3.63, 3.8) is 0 Å². The maximum Gasteiger partial charge on any atom is 0.319 e. The zero-order chi connectivity index (χ0) is 22.2. The van der Waals surface area contributed by atoms with Crippen LogP contribution in [-0.4, -0.2) is 30.0 Å². The number of benzene rings is 2. The van der Waals surface area contributed by atoms with Crippen molar-refractivity contribution in [1.29, 1.82) is 0 Å². The summed E-state index contributed by atoms with van der Waals surface area (Å²) in [6.45, 7) is -0.464. The molecule has 2 amide bonds. The monoisotopic (exact) mass is 431 g/mol. The van der Waals surface area contributed by atoms with Gasteiger partial charge in [-0.15, -0.1) is 0 Å². The predicted molar refractivity (Wildman–Crippen MR) is 111 cm³/mol. The number of alkyl halides is 2. The van der Waals surface area contributed by atoms with Gasteiger partial charge in [0.25, 0.3) is 0 Å². The summed E-state index contributed by atoms with van der Waals surface area (Å²) in [5.41, 5.74) is 0.146. The molecule has 0 radical (unpaired) electrons. The Balaban J connectivity index is 1.64. The van der Waals surface area contributed by atoms with Crippen molar-refractivity contribution in [2.45, 2.75) is 25.0 Å². The molecular formula is C22H20F3N3O3. The van der Waals surface area contributed by atoms with Gasteiger partial charge in [-0.1, -0.05) is 12.1 Å². The van der Waals surface area contributed by atoms with Gasteiger partial charge in [0.05, 0.1) is 17.2 Å². The van der Waals surface area contributed by atoms with Gasteiger partial charge in [-0.25, -0.2) is 18.0 Å². The van der Waals surface area contributed by atoms with Crippen molar-refractivity contribution in [1.82, 2.24) is 10.3 Å². The summed E-state index contributed by atoms with van der Waals surface area (Å²) in [5.74, 6) is -0.624. The van der Waals surface area contributed by atoms with Crippen molar-refractivity contribution in [3.8, 4) is 5.75 Å². The number of hydrogen-bond acceptors (Lipinski definition) is 3. The summed E-state index contributed by atoms with van der Waals surface area (Å²) in [5, 5.41) is 6.09. The SMILES string of the molecule is Cc1ccc2[nH]c(=O)ccc2c1NC(=O)N[C@@H]1CC(CF)(CF)Oc2cc(F)ccc21. The van der Waals surface area contributed by atoms with Crippen LogP contribution in [0, 0.1) is 12.7 Å². The highest BCUT2D eigenvalue weighted by Crippen LogP contribution is 2.40. The maximum atomic E-state index is 13.7. The third-order valence-corrected chi connectivity index (χ3v) is 5.40. The summed E-state index contributed by atoms with van der Waals surface area (Å²) in [4.78, 5) is 27.1. The van der Waals surface area contributed by atoms with Crippen LogP contribution in [0.3, 0.4) is 0 Å². The molecule has 1 aliphatic rings. The number of H-pyrrole nitrogens is 1. The van der Waals surface area contributed by atoms with Gasteiger partial charge in [0.1, 0.15) is 24.9 Å². The lowest BCUT2D eigenvalue weighted by Gasteiger charge is -2.39. The fourth-order valence-electron chi connectivity index (χ4n) is 3.79. The van der Waals surface area contributed by atoms with Crippen LogP contribution in [0.25, 0.3) is 10.9 Å². The fourth-order valence-corrected chi connectivity index (χ4v) is 3.79. The number of amides is 2. The van der Waals surface area contributed by atoms with E-state index in [1.165, 1.54) is 18.2 Å². The van der Waals surface area contributed by atoms with E-state index in [-0.39, 0.29) is 17.7 Å². The maximum absolute atomic E-state index is 13.7. The van der Waals surface area contributed by atoms with Crippen LogP contribution in [0.1, 0.15) is 23.6 Å². The minimum absolute atomic E-state index is 0.00855. The van der Waals surface area contributed by atoms with Gasteiger partial charge >= 0.3 is 6.03 Å². The lowest BCUT2D eigenvalue weighted by molar-refractivity contribution is -0.0107. The Bertz CT molecular complexity index is 1210. The number of anilines is 1. The first-order valence-corrected chi connectivity index (χ1v) is 9.65. The topological polar surface area (TPSA) is 83.2 Å². The number of urea groups is 1. The van der Waals surface area contributed by atoms with E-state index in [9.17, 15) is 22.8 Å². The number of aromatic nitrogens is 1. The number of carbonyl (C=O) groups excluding carboxylic acids is 1. The lowest BCUT2D eigenvalue weighted by atomic mass is 9.88. The molecule has 2 heterocycles. The number of carbonyl (C=O) groups is 1. The Morgan fingerprint density at radius 2 is 1.97 bits per heavy atom. The number of rotatable bonds is 4. The Labute approximate surface area is 175 Å². The Hall–Kier alpha value is -3.49. The van der Waals surface area contributed by atoms with E-state index in [0.717, 1.165) is 11.6 Å². The summed E-state index contributed by atoms with van der Waals surface area (Å²) in [6, 6.07) is 8.67. The molecular weight excluding hydrogens is 411 g/mol. The molecule has 162 valence electrons. The van der Waals surface area contributed by atoms with Crippen LogP contribution in [-0.2, 0) is 0 Å². The molecule has 31 heavy (non-hydrogen) atoms. The molecule has 3 aromatic rings. The smallest absolute Gasteiger partial charge is 0.319 e. The molecule has 0 fully saturated rings. The summed E-state index contributed by atoms with van der Waals surface area (Å²) < 4.78 is 46.3. The molecule has 1 aromatic heterocycles. The minimum Gasteiger partial charge on any atom is -0.481 e. The standard InChI is InChI=1S/C22H20F3N3O3/c1-12-2-6-16-15(5-7-19(29)26-16)20(12)28-21(30)27-17-9-22(10-23,11-24)31-18-8-13(25)3-4-14(17)18/h2-8,17H,9-11H2,1H3,(H,26,29)(H2,27,28,30)/t17-/m1/s1. The van der Waals surface area contributed by atoms with E-state index in [2.05, 4.69) is 15.6 Å². The van der Waals surface area contributed by atoms with Crippen molar-refractivity contribution in [2.24, 2.45) is 0 Å². The Morgan fingerprint density at radius 1 is 1.19 bits per heavy atom. The summed E-state index contributed by atoms with van der Waals surface area (Å²) >= 11 is 0. The van der Waals surface area contributed by atoms with Crippen LogP contribution in [0.2, 0.25) is 0 Å². The molecule has 0 bridgehead atoms. The highest BCUT2D eigenvalue weighted by Gasteiger charge is 2.42. The van der Waals surface area contributed by atoms with Gasteiger partial charge in [-0.3, -0.25) is 4.79 Å². The van der Waals surface area contributed by atoms with Gasteiger partial charge in [0.2, 0.25) is 5.56 Å². The number of aryl methyl sites for hydroxylation is 1. The Kier molecular flexibility index (Phi) is 5.34. The molecule has 2 aromatic carbocycles. The third-order valence-electron chi connectivity index (χ3n) is 5.40. The fraction of sp³-hybridized carbons (Fsp3) is 0.273. The molecule has 1 atom stereocenters. The first-order valence-electron chi connectivity index (χ1n) is 9.65. The summed E-state index contributed by atoms with van der Waals surface area (Å²) in [7, 11) is 0. The zero-order valence-electron chi connectivity index (χ0n) is 16.6. The highest BCUT2D eigenvalue weighted by atomic mass is 19.1. The normalized spacial score (nSPS) is 17.0. The first-order chi connectivity index (χ1) is 14.8. The molecule has 0 unspecified atom stereocenters. The lowest BCUT2D eigenvalue weighted by Crippen LogP contribution is -2.49. The molecule has 0 spiro atoms. The molecule has 1 aliphatic heterocycles. The van der Waals surface area contributed by atoms with Crippen LogP contribution >= 0.6 is 0 Å². The van der Waals surface area contributed by atoms with Crippen molar-refractivity contribution in [2.75, 3.05) is 18.7 Å². The number of halogens is 3. The minimum atomic E-state index is -1.80. The van der Waals surface area contributed by atoms with Gasteiger partial charge < -0.3 is 20.4 Å². The quantitative estimate of drug-likeness (QED) is 0.576. The third kappa shape index (κ3) is 3.95. The average Bonchev–Trinajstić information content (AvgIpc) is 2.75. The molecule has 0 saturated heterocycles. The molecule has 6 nitrogen and oxygen atoms in total. The first kappa shape index (κ1) is 20.8. The van der Waals surface area contributed by atoms with Crippen LogP contribution in [0.4, 0.5) is 23.7 Å². The largest absolute Gasteiger partial charge is 0.481 e. The molecule has 9 heteroatoms.